The van der Waals surface area contributed by atoms with E-state index in [1.54, 1.807) is 11.7 Å². The first-order valence-electron chi connectivity index (χ1n) is 1.53. The van der Waals surface area contributed by atoms with Crippen molar-refractivity contribution in [3.05, 3.63) is 11.7 Å². The highest BCUT2D eigenvalue weighted by atomic mass is 32.1. The first-order valence-corrected chi connectivity index (χ1v) is 2.41. The van der Waals surface area contributed by atoms with Crippen LogP contribution in [0.15, 0.2) is 11.7 Å². The van der Waals surface area contributed by atoms with E-state index in [4.69, 9.17) is 7.85 Å². The van der Waals surface area contributed by atoms with Gasteiger partial charge in [-0.1, -0.05) is 0 Å². The average molecular weight is 94.9 g/mol. The van der Waals surface area contributed by atoms with Crippen molar-refractivity contribution in [2.45, 2.75) is 0 Å². The summed E-state index contributed by atoms with van der Waals surface area (Å²) in [7, 11) is 5.23. The molecule has 1 aromatic heterocycles. The van der Waals surface area contributed by atoms with E-state index < -0.39 is 0 Å². The van der Waals surface area contributed by atoms with E-state index in [1.165, 1.54) is 11.3 Å². The summed E-state index contributed by atoms with van der Waals surface area (Å²) in [4.78, 5) is 3.72. The Bertz CT molecular complexity index is 114. The highest BCUT2D eigenvalue weighted by molar-refractivity contribution is 7.17. The molecule has 0 saturated carbocycles. The summed E-state index contributed by atoms with van der Waals surface area (Å²) >= 11 is 1.44. The molecular formula is C3H2BNS. The van der Waals surface area contributed by atoms with Crippen molar-refractivity contribution in [1.82, 2.24) is 4.98 Å². The first kappa shape index (κ1) is 3.87. The minimum absolute atomic E-state index is 0.773. The van der Waals surface area contributed by atoms with Crippen molar-refractivity contribution in [2.24, 2.45) is 0 Å². The van der Waals surface area contributed by atoms with Crippen LogP contribution in [0, 0.1) is 0 Å². The van der Waals surface area contributed by atoms with Crippen LogP contribution in [-0.2, 0) is 0 Å². The fourth-order valence-electron chi connectivity index (χ4n) is 0.226. The Morgan fingerprint density at radius 1 is 1.83 bits per heavy atom. The molecule has 0 bridgehead atoms. The molecule has 0 aliphatic heterocycles. The zero-order valence-electron chi connectivity index (χ0n) is 3.09. The number of hydrogen-bond acceptors (Lipinski definition) is 2. The van der Waals surface area contributed by atoms with Gasteiger partial charge >= 0.3 is 0 Å². The van der Waals surface area contributed by atoms with Gasteiger partial charge in [0.25, 0.3) is 0 Å². The molecule has 0 spiro atoms. The predicted molar refractivity (Wildman–Crippen MR) is 27.5 cm³/mol. The lowest BCUT2D eigenvalue weighted by molar-refractivity contribution is 1.44. The molecule has 0 atom stereocenters. The second-order valence-corrected chi connectivity index (χ2v) is 1.82. The number of rotatable bonds is 0. The maximum absolute atomic E-state index is 5.23. The highest BCUT2D eigenvalue weighted by Gasteiger charge is 1.75. The van der Waals surface area contributed by atoms with Crippen molar-refractivity contribution in [1.29, 1.82) is 0 Å². The third kappa shape index (κ3) is 0.599. The van der Waals surface area contributed by atoms with E-state index in [9.17, 15) is 0 Å². The minimum atomic E-state index is 0.773. The molecule has 0 aliphatic carbocycles. The molecule has 1 nitrogen and oxygen atoms in total. The molecule has 1 aromatic rings. The van der Waals surface area contributed by atoms with Gasteiger partial charge in [-0.15, -0.1) is 11.3 Å². The summed E-state index contributed by atoms with van der Waals surface area (Å²) in [5.41, 5.74) is 1.70. The Balaban J connectivity index is 3.05. The van der Waals surface area contributed by atoms with Crippen molar-refractivity contribution in [3.63, 3.8) is 0 Å². The number of aromatic nitrogens is 1. The van der Waals surface area contributed by atoms with Crippen molar-refractivity contribution >= 4 is 24.0 Å². The predicted octanol–water partition coefficient (Wildman–Crippen LogP) is -0.0631. The molecule has 2 radical (unpaired) electrons. The van der Waals surface area contributed by atoms with Crippen molar-refractivity contribution in [3.8, 4) is 0 Å². The van der Waals surface area contributed by atoms with E-state index in [2.05, 4.69) is 4.98 Å². The van der Waals surface area contributed by atoms with E-state index in [0.29, 0.717) is 0 Å². The van der Waals surface area contributed by atoms with Crippen molar-refractivity contribution < 1.29 is 0 Å². The number of nitrogens with zero attached hydrogens (tertiary/aromatic N) is 1. The molecule has 1 heterocycles. The molecule has 0 aromatic carbocycles. The summed E-state index contributed by atoms with van der Waals surface area (Å²) in [6.45, 7) is 0. The second kappa shape index (κ2) is 1.43. The third-order valence-electron chi connectivity index (χ3n) is 0.451. The van der Waals surface area contributed by atoms with Crippen LogP contribution in [-0.4, -0.2) is 12.8 Å². The van der Waals surface area contributed by atoms with E-state index in [0.717, 1.165) is 4.78 Å². The minimum Gasteiger partial charge on any atom is -0.254 e. The van der Waals surface area contributed by atoms with Gasteiger partial charge in [0, 0.05) is 6.20 Å². The molecule has 1 rings (SSSR count). The SMILES string of the molecule is [B]c1cncs1. The Kier molecular flexibility index (Phi) is 0.923. The van der Waals surface area contributed by atoms with Gasteiger partial charge in [-0.05, 0) is 4.78 Å². The third-order valence-corrected chi connectivity index (χ3v) is 1.06. The van der Waals surface area contributed by atoms with Gasteiger partial charge in [0.1, 0.15) is 7.85 Å². The van der Waals surface area contributed by atoms with Gasteiger partial charge in [-0.3, -0.25) is 4.98 Å². The molecule has 0 N–H and O–H groups in total. The number of hydrogen-bond donors (Lipinski definition) is 0. The van der Waals surface area contributed by atoms with Crippen LogP contribution in [0.5, 0.6) is 0 Å². The summed E-state index contributed by atoms with van der Waals surface area (Å²) in [6.07, 6.45) is 1.63. The molecule has 0 aliphatic rings. The summed E-state index contributed by atoms with van der Waals surface area (Å²) in [5, 5.41) is 0. The molecule has 28 valence electrons. The summed E-state index contributed by atoms with van der Waals surface area (Å²) < 4.78 is 0.773. The smallest absolute Gasteiger partial charge is 0.131 e. The maximum Gasteiger partial charge on any atom is 0.131 e. The molecule has 0 amide bonds. The van der Waals surface area contributed by atoms with Crippen LogP contribution in [0.1, 0.15) is 0 Å². The Hall–Kier alpha value is -0.305. The molecule has 0 saturated heterocycles. The Morgan fingerprint density at radius 2 is 2.67 bits per heavy atom. The van der Waals surface area contributed by atoms with Gasteiger partial charge in [0.15, 0.2) is 0 Å². The molecule has 0 unspecified atom stereocenters. The average Bonchev–Trinajstić information content (AvgIpc) is 1.86. The number of thiazole rings is 1. The highest BCUT2D eigenvalue weighted by Crippen LogP contribution is 1.81. The van der Waals surface area contributed by atoms with Crippen LogP contribution in [0.4, 0.5) is 0 Å². The lowest BCUT2D eigenvalue weighted by Crippen LogP contribution is -1.89. The standard InChI is InChI=1S/C3H2BNS/c4-3-1-5-2-6-3/h1-2H. The van der Waals surface area contributed by atoms with E-state index in [-0.39, 0.29) is 0 Å². The zero-order chi connectivity index (χ0) is 4.41. The monoisotopic (exact) mass is 95.0 g/mol. The normalized spacial score (nSPS) is 8.67. The molecule has 0 fully saturated rings. The summed E-state index contributed by atoms with van der Waals surface area (Å²) in [6, 6.07) is 0. The van der Waals surface area contributed by atoms with Gasteiger partial charge in [0.2, 0.25) is 0 Å². The molecular weight excluding hydrogens is 92.9 g/mol. The topological polar surface area (TPSA) is 12.9 Å². The van der Waals surface area contributed by atoms with E-state index >= 15 is 0 Å². The lowest BCUT2D eigenvalue weighted by atomic mass is 10.1. The fraction of sp³-hybridized carbons (Fsp3) is 0. The Labute approximate surface area is 41.4 Å². The van der Waals surface area contributed by atoms with Gasteiger partial charge in [-0.2, -0.15) is 0 Å². The van der Waals surface area contributed by atoms with Crippen LogP contribution in [0.25, 0.3) is 0 Å². The maximum atomic E-state index is 5.23. The fourth-order valence-corrected chi connectivity index (χ4v) is 0.591. The second-order valence-electron chi connectivity index (χ2n) is 0.904. The van der Waals surface area contributed by atoms with Gasteiger partial charge in [0.05, 0.1) is 5.51 Å². The van der Waals surface area contributed by atoms with E-state index in [1.807, 2.05) is 0 Å². The van der Waals surface area contributed by atoms with Crippen LogP contribution in [0.2, 0.25) is 0 Å². The Morgan fingerprint density at radius 3 is 2.83 bits per heavy atom. The van der Waals surface area contributed by atoms with Crippen LogP contribution >= 0.6 is 11.3 Å². The van der Waals surface area contributed by atoms with Crippen molar-refractivity contribution in [2.75, 3.05) is 0 Å². The zero-order valence-corrected chi connectivity index (χ0v) is 3.90. The molecule has 3 heteroatoms. The van der Waals surface area contributed by atoms with Crippen LogP contribution in [0.3, 0.4) is 0 Å². The molecule has 6 heavy (non-hydrogen) atoms. The van der Waals surface area contributed by atoms with Gasteiger partial charge < -0.3 is 0 Å². The lowest BCUT2D eigenvalue weighted by Gasteiger charge is -1.63. The largest absolute Gasteiger partial charge is 0.254 e. The van der Waals surface area contributed by atoms with Gasteiger partial charge in [-0.25, -0.2) is 0 Å². The van der Waals surface area contributed by atoms with Crippen LogP contribution < -0.4 is 4.78 Å². The quantitative estimate of drug-likeness (QED) is 0.411. The first-order chi connectivity index (χ1) is 2.89. The summed E-state index contributed by atoms with van der Waals surface area (Å²) in [5.74, 6) is 0.